The van der Waals surface area contributed by atoms with E-state index in [1.807, 2.05) is 22.6 Å². The second-order valence-corrected chi connectivity index (χ2v) is 4.16. The Labute approximate surface area is 108 Å². The molecule has 1 rings (SSSR count). The van der Waals surface area contributed by atoms with Crippen LogP contribution in [-0.2, 0) is 4.79 Å². The van der Waals surface area contributed by atoms with Crippen LogP contribution in [0, 0.1) is 3.57 Å². The zero-order valence-electron chi connectivity index (χ0n) is 8.14. The van der Waals surface area contributed by atoms with E-state index in [4.69, 9.17) is 0 Å². The van der Waals surface area contributed by atoms with E-state index < -0.39 is 18.0 Å². The Balaban J connectivity index is 2.60. The summed E-state index contributed by atoms with van der Waals surface area (Å²) in [5, 5.41) is 0. The summed E-state index contributed by atoms with van der Waals surface area (Å²) >= 11 is 1.95. The van der Waals surface area contributed by atoms with Gasteiger partial charge in [0, 0.05) is 9.13 Å². The molecule has 0 atom stereocenters. The van der Waals surface area contributed by atoms with Crippen molar-refractivity contribution < 1.29 is 22.8 Å². The molecule has 0 fully saturated rings. The minimum atomic E-state index is -5.03. The highest BCUT2D eigenvalue weighted by molar-refractivity contribution is 14.1. The number of hydrogen-bond acceptors (Lipinski definition) is 2. The van der Waals surface area contributed by atoms with Gasteiger partial charge in [0.1, 0.15) is 0 Å². The number of carbonyl (C=O) groups is 2. The number of rotatable bonds is 1. The maximum Gasteiger partial charge on any atom is 0.472 e. The molecule has 0 unspecified atom stereocenters. The number of benzene rings is 1. The molecular weight excluding hydrogens is 352 g/mol. The summed E-state index contributed by atoms with van der Waals surface area (Å²) in [6.07, 6.45) is -5.03. The number of amides is 2. The van der Waals surface area contributed by atoms with E-state index in [0.717, 1.165) is 3.57 Å². The fourth-order valence-corrected chi connectivity index (χ4v) is 1.43. The maximum absolute atomic E-state index is 11.8. The van der Waals surface area contributed by atoms with Crippen LogP contribution < -0.4 is 10.9 Å². The highest BCUT2D eigenvalue weighted by Crippen LogP contribution is 2.13. The number of alkyl halides is 3. The van der Waals surface area contributed by atoms with Crippen LogP contribution in [0.5, 0.6) is 0 Å². The lowest BCUT2D eigenvalue weighted by molar-refractivity contribution is -0.174. The molecule has 0 aliphatic heterocycles. The Kier molecular flexibility index (Phi) is 4.32. The lowest BCUT2D eigenvalue weighted by Crippen LogP contribution is -2.47. The van der Waals surface area contributed by atoms with Crippen LogP contribution in [0.1, 0.15) is 10.4 Å². The molecule has 2 N–H and O–H groups in total. The van der Waals surface area contributed by atoms with Gasteiger partial charge in [-0.25, -0.2) is 0 Å². The third-order valence-corrected chi connectivity index (χ3v) is 2.30. The number of nitrogens with one attached hydrogen (secondary N) is 2. The first kappa shape index (κ1) is 13.7. The Hall–Kier alpha value is -1.32. The predicted octanol–water partition coefficient (Wildman–Crippen LogP) is 1.61. The van der Waals surface area contributed by atoms with Gasteiger partial charge in [0.25, 0.3) is 5.91 Å². The summed E-state index contributed by atoms with van der Waals surface area (Å²) in [6.45, 7) is 0. The molecule has 0 saturated heterocycles. The van der Waals surface area contributed by atoms with Gasteiger partial charge in [0.15, 0.2) is 0 Å². The molecule has 0 bridgehead atoms. The van der Waals surface area contributed by atoms with Gasteiger partial charge in [-0.3, -0.25) is 20.4 Å². The molecule has 92 valence electrons. The molecule has 8 heteroatoms. The number of halogens is 4. The largest absolute Gasteiger partial charge is 0.472 e. The SMILES string of the molecule is O=C(NNC(=O)C(F)(F)F)c1cccc(I)c1. The van der Waals surface area contributed by atoms with Crippen molar-refractivity contribution in [3.05, 3.63) is 33.4 Å². The van der Waals surface area contributed by atoms with E-state index in [0.29, 0.717) is 0 Å². The highest BCUT2D eigenvalue weighted by atomic mass is 127. The van der Waals surface area contributed by atoms with Gasteiger partial charge in [0.2, 0.25) is 0 Å². The lowest BCUT2D eigenvalue weighted by Gasteiger charge is -2.09. The Morgan fingerprint density at radius 1 is 1.18 bits per heavy atom. The third-order valence-electron chi connectivity index (χ3n) is 1.63. The third kappa shape index (κ3) is 4.21. The quantitative estimate of drug-likeness (QED) is 0.592. The first-order chi connectivity index (χ1) is 7.80. The van der Waals surface area contributed by atoms with Crippen LogP contribution in [0.25, 0.3) is 0 Å². The summed E-state index contributed by atoms with van der Waals surface area (Å²) in [7, 11) is 0. The van der Waals surface area contributed by atoms with Crippen LogP contribution in [-0.4, -0.2) is 18.0 Å². The van der Waals surface area contributed by atoms with Crippen molar-refractivity contribution >= 4 is 34.4 Å². The molecule has 1 aromatic rings. The van der Waals surface area contributed by atoms with Gasteiger partial charge in [-0.05, 0) is 40.8 Å². The maximum atomic E-state index is 11.8. The van der Waals surface area contributed by atoms with Crippen molar-refractivity contribution in [3.8, 4) is 0 Å². The van der Waals surface area contributed by atoms with Gasteiger partial charge < -0.3 is 0 Å². The second kappa shape index (κ2) is 5.34. The van der Waals surface area contributed by atoms with E-state index >= 15 is 0 Å². The Bertz CT molecular complexity index is 448. The normalized spacial score (nSPS) is 10.8. The zero-order valence-corrected chi connectivity index (χ0v) is 10.3. The van der Waals surface area contributed by atoms with Crippen molar-refractivity contribution in [1.82, 2.24) is 10.9 Å². The van der Waals surface area contributed by atoms with Crippen molar-refractivity contribution in [2.45, 2.75) is 6.18 Å². The van der Waals surface area contributed by atoms with Crippen molar-refractivity contribution in [1.29, 1.82) is 0 Å². The fourth-order valence-electron chi connectivity index (χ4n) is 0.886. The van der Waals surface area contributed by atoms with E-state index in [1.54, 1.807) is 17.6 Å². The van der Waals surface area contributed by atoms with Crippen molar-refractivity contribution in [2.24, 2.45) is 0 Å². The second-order valence-electron chi connectivity index (χ2n) is 2.92. The standard InChI is InChI=1S/C9H6F3IN2O2/c10-9(11,12)8(17)15-14-7(16)5-2-1-3-6(13)4-5/h1-4H,(H,14,16)(H,15,17). The van der Waals surface area contributed by atoms with Gasteiger partial charge in [-0.15, -0.1) is 0 Å². The van der Waals surface area contributed by atoms with Crippen LogP contribution in [0.2, 0.25) is 0 Å². The number of hydrogen-bond donors (Lipinski definition) is 2. The summed E-state index contributed by atoms with van der Waals surface area (Å²) < 4.78 is 36.2. The molecule has 17 heavy (non-hydrogen) atoms. The average Bonchev–Trinajstić information content (AvgIpc) is 2.24. The predicted molar refractivity (Wildman–Crippen MR) is 60.8 cm³/mol. The monoisotopic (exact) mass is 358 g/mol. The van der Waals surface area contributed by atoms with E-state index in [2.05, 4.69) is 0 Å². The molecule has 0 aromatic heterocycles. The molecule has 0 heterocycles. The van der Waals surface area contributed by atoms with Gasteiger partial charge in [-0.2, -0.15) is 13.2 Å². The minimum Gasteiger partial charge on any atom is -0.267 e. The van der Waals surface area contributed by atoms with E-state index in [1.165, 1.54) is 17.6 Å². The van der Waals surface area contributed by atoms with E-state index in [9.17, 15) is 22.8 Å². The molecule has 4 nitrogen and oxygen atoms in total. The Morgan fingerprint density at radius 2 is 1.82 bits per heavy atom. The molecular formula is C9H6F3IN2O2. The summed E-state index contributed by atoms with van der Waals surface area (Å²) in [4.78, 5) is 21.7. The Morgan fingerprint density at radius 3 is 2.35 bits per heavy atom. The average molecular weight is 358 g/mol. The van der Waals surface area contributed by atoms with Crippen LogP contribution >= 0.6 is 22.6 Å². The first-order valence-corrected chi connectivity index (χ1v) is 5.31. The fraction of sp³-hybridized carbons (Fsp3) is 0.111. The molecule has 0 spiro atoms. The van der Waals surface area contributed by atoms with Crippen LogP contribution in [0.3, 0.4) is 0 Å². The summed E-state index contributed by atoms with van der Waals surface area (Å²) in [6, 6.07) is 6.17. The summed E-state index contributed by atoms with van der Waals surface area (Å²) in [5.74, 6) is -3.04. The molecule has 0 saturated carbocycles. The number of carbonyl (C=O) groups excluding carboxylic acids is 2. The molecule has 1 aromatic carbocycles. The van der Waals surface area contributed by atoms with E-state index in [-0.39, 0.29) is 5.56 Å². The lowest BCUT2D eigenvalue weighted by atomic mass is 10.2. The zero-order chi connectivity index (χ0) is 13.1. The number of hydrazine groups is 1. The molecule has 0 aliphatic carbocycles. The first-order valence-electron chi connectivity index (χ1n) is 4.24. The minimum absolute atomic E-state index is 0.152. The topological polar surface area (TPSA) is 58.2 Å². The molecule has 0 aliphatic rings. The van der Waals surface area contributed by atoms with Gasteiger partial charge >= 0.3 is 12.1 Å². The van der Waals surface area contributed by atoms with Gasteiger partial charge in [-0.1, -0.05) is 6.07 Å². The van der Waals surface area contributed by atoms with Gasteiger partial charge in [0.05, 0.1) is 0 Å². The highest BCUT2D eigenvalue weighted by Gasteiger charge is 2.38. The van der Waals surface area contributed by atoms with Crippen molar-refractivity contribution in [2.75, 3.05) is 0 Å². The summed E-state index contributed by atoms with van der Waals surface area (Å²) in [5.41, 5.74) is 3.10. The van der Waals surface area contributed by atoms with Crippen molar-refractivity contribution in [3.63, 3.8) is 0 Å². The van der Waals surface area contributed by atoms with Crippen LogP contribution in [0.15, 0.2) is 24.3 Å². The molecule has 0 radical (unpaired) electrons. The van der Waals surface area contributed by atoms with Crippen LogP contribution in [0.4, 0.5) is 13.2 Å². The molecule has 2 amide bonds. The smallest absolute Gasteiger partial charge is 0.267 e.